The summed E-state index contributed by atoms with van der Waals surface area (Å²) in [6.07, 6.45) is 4.88. The van der Waals surface area contributed by atoms with Gasteiger partial charge in [0.1, 0.15) is 11.6 Å². The lowest BCUT2D eigenvalue weighted by Gasteiger charge is -2.38. The summed E-state index contributed by atoms with van der Waals surface area (Å²) in [5.74, 6) is 0.573. The van der Waals surface area contributed by atoms with E-state index in [9.17, 15) is 13.6 Å². The smallest absolute Gasteiger partial charge is 0.253 e. The lowest BCUT2D eigenvalue weighted by atomic mass is 9.91. The highest BCUT2D eigenvalue weighted by Gasteiger charge is 2.28. The minimum atomic E-state index is -0.275. The summed E-state index contributed by atoms with van der Waals surface area (Å²) in [7, 11) is 0. The first-order chi connectivity index (χ1) is 23.0. The van der Waals surface area contributed by atoms with Crippen LogP contribution in [0.5, 0.6) is 0 Å². The van der Waals surface area contributed by atoms with E-state index in [1.165, 1.54) is 24.6 Å². The Morgan fingerprint density at radius 2 is 1.52 bits per heavy atom. The highest BCUT2D eigenvalue weighted by atomic mass is 19.1. The molecule has 4 aromatic carbocycles. The number of hydrogen-bond donors (Lipinski definition) is 0. The minimum Gasteiger partial charge on any atom is -0.341 e. The molecule has 1 fully saturated rings. The molecule has 5 heteroatoms. The summed E-state index contributed by atoms with van der Waals surface area (Å²) in [6, 6.07) is 27.2. The van der Waals surface area contributed by atoms with Crippen molar-refractivity contribution in [1.82, 2.24) is 4.90 Å². The topological polar surface area (TPSA) is 23.6 Å². The van der Waals surface area contributed by atoms with E-state index in [1.54, 1.807) is 18.2 Å². The van der Waals surface area contributed by atoms with Crippen molar-refractivity contribution in [3.05, 3.63) is 154 Å². The van der Waals surface area contributed by atoms with Crippen molar-refractivity contribution in [3.63, 3.8) is 0 Å². The fourth-order valence-corrected chi connectivity index (χ4v) is 6.08. The number of carbonyl (C=O) groups excluding carboxylic acids is 1. The maximum absolute atomic E-state index is 14.0. The molecule has 0 radical (unpaired) electrons. The monoisotopic (exact) mass is 648 g/mol. The first-order valence-electron chi connectivity index (χ1n) is 17.1. The minimum absolute atomic E-state index is 0.0158. The van der Waals surface area contributed by atoms with Crippen LogP contribution in [0.2, 0.25) is 0 Å². The van der Waals surface area contributed by atoms with Crippen molar-refractivity contribution in [3.8, 4) is 0 Å². The van der Waals surface area contributed by atoms with E-state index in [0.717, 1.165) is 63.5 Å². The van der Waals surface area contributed by atoms with Crippen LogP contribution in [-0.2, 0) is 6.54 Å². The lowest BCUT2D eigenvalue weighted by molar-refractivity contribution is 0.0701. The number of carbonyl (C=O) groups is 1. The maximum Gasteiger partial charge on any atom is 0.253 e. The van der Waals surface area contributed by atoms with E-state index in [-0.39, 0.29) is 23.5 Å². The number of piperidine rings is 1. The Hall–Kier alpha value is -4.51. The summed E-state index contributed by atoms with van der Waals surface area (Å²) < 4.78 is 27.9. The molecule has 0 N–H and O–H groups in total. The Bertz CT molecular complexity index is 1730. The van der Waals surface area contributed by atoms with Gasteiger partial charge in [-0.15, -0.1) is 0 Å². The quantitative estimate of drug-likeness (QED) is 0.180. The number of para-hydroxylation sites is 1. The molecule has 1 amide bonds. The van der Waals surface area contributed by atoms with Gasteiger partial charge >= 0.3 is 0 Å². The molecule has 1 saturated heterocycles. The molecule has 1 aliphatic heterocycles. The van der Waals surface area contributed by atoms with Crippen LogP contribution in [0.1, 0.15) is 85.1 Å². The second kappa shape index (κ2) is 17.1. The molecular formula is C43H50F2N2O. The maximum atomic E-state index is 14.0. The van der Waals surface area contributed by atoms with Crippen LogP contribution < -0.4 is 4.90 Å². The zero-order valence-electron chi connectivity index (χ0n) is 29.4. The highest BCUT2D eigenvalue weighted by Crippen LogP contribution is 2.34. The average Bonchev–Trinajstić information content (AvgIpc) is 3.08. The molecule has 4 aromatic rings. The number of likely N-dealkylation sites (tertiary alicyclic amines) is 1. The Morgan fingerprint density at radius 1 is 0.875 bits per heavy atom. The van der Waals surface area contributed by atoms with Gasteiger partial charge in [-0.1, -0.05) is 88.4 Å². The third kappa shape index (κ3) is 9.31. The fraction of sp³-hybridized carbons (Fsp3) is 0.326. The number of amides is 1. The van der Waals surface area contributed by atoms with Crippen molar-refractivity contribution in [2.24, 2.45) is 11.8 Å². The largest absolute Gasteiger partial charge is 0.341 e. The van der Waals surface area contributed by atoms with Gasteiger partial charge in [0.25, 0.3) is 5.91 Å². The van der Waals surface area contributed by atoms with Crippen LogP contribution in [0.4, 0.5) is 14.5 Å². The van der Waals surface area contributed by atoms with Gasteiger partial charge in [-0.2, -0.15) is 0 Å². The van der Waals surface area contributed by atoms with E-state index < -0.39 is 0 Å². The van der Waals surface area contributed by atoms with Gasteiger partial charge in [-0.05, 0) is 115 Å². The molecule has 0 aliphatic carbocycles. The summed E-state index contributed by atoms with van der Waals surface area (Å²) in [4.78, 5) is 17.7. The van der Waals surface area contributed by atoms with Crippen molar-refractivity contribution in [2.45, 2.75) is 67.3 Å². The molecule has 0 atom stereocenters. The summed E-state index contributed by atoms with van der Waals surface area (Å²) in [5, 5.41) is 0. The Kier molecular flexibility index (Phi) is 12.9. The zero-order chi connectivity index (χ0) is 34.8. The number of nitrogens with zero attached hydrogens (tertiary/aromatic N) is 2. The number of aryl methyl sites for hydroxylation is 2. The van der Waals surface area contributed by atoms with Crippen LogP contribution in [0.15, 0.2) is 109 Å². The normalized spacial score (nSPS) is 13.6. The predicted molar refractivity (Wildman–Crippen MR) is 197 cm³/mol. The van der Waals surface area contributed by atoms with Gasteiger partial charge in [-0.25, -0.2) is 8.78 Å². The van der Waals surface area contributed by atoms with Gasteiger partial charge in [-0.3, -0.25) is 4.79 Å². The Labute approximate surface area is 286 Å². The fourth-order valence-electron chi connectivity index (χ4n) is 6.08. The van der Waals surface area contributed by atoms with E-state index in [0.29, 0.717) is 25.2 Å². The van der Waals surface area contributed by atoms with E-state index in [2.05, 4.69) is 51.3 Å². The third-order valence-corrected chi connectivity index (χ3v) is 9.24. The van der Waals surface area contributed by atoms with Crippen LogP contribution in [0, 0.1) is 37.3 Å². The summed E-state index contributed by atoms with van der Waals surface area (Å²) in [6.45, 7) is 19.0. The van der Waals surface area contributed by atoms with Gasteiger partial charge < -0.3 is 9.80 Å². The highest BCUT2D eigenvalue weighted by molar-refractivity contribution is 5.95. The molecule has 1 aliphatic rings. The van der Waals surface area contributed by atoms with Crippen LogP contribution in [0.3, 0.4) is 0 Å². The number of halogens is 2. The van der Waals surface area contributed by atoms with Gasteiger partial charge in [0, 0.05) is 42.5 Å². The second-order valence-corrected chi connectivity index (χ2v) is 13.1. The molecule has 3 nitrogen and oxygen atoms in total. The van der Waals surface area contributed by atoms with Crippen LogP contribution in [-0.4, -0.2) is 23.9 Å². The number of hydrogen-bond acceptors (Lipinski definition) is 2. The van der Waals surface area contributed by atoms with E-state index in [4.69, 9.17) is 0 Å². The number of benzene rings is 4. The summed E-state index contributed by atoms with van der Waals surface area (Å²) in [5.41, 5.74) is 8.41. The molecule has 0 aromatic heterocycles. The Morgan fingerprint density at radius 3 is 2.10 bits per heavy atom. The van der Waals surface area contributed by atoms with Gasteiger partial charge in [0.15, 0.2) is 0 Å². The molecule has 252 valence electrons. The van der Waals surface area contributed by atoms with Crippen LogP contribution in [0.25, 0.3) is 5.57 Å². The zero-order valence-corrected chi connectivity index (χ0v) is 29.4. The lowest BCUT2D eigenvalue weighted by Crippen LogP contribution is -2.40. The molecule has 0 spiro atoms. The van der Waals surface area contributed by atoms with Gasteiger partial charge in [0.2, 0.25) is 0 Å². The predicted octanol–water partition coefficient (Wildman–Crippen LogP) is 11.2. The molecule has 0 saturated carbocycles. The van der Waals surface area contributed by atoms with Crippen molar-refractivity contribution < 1.29 is 13.6 Å². The third-order valence-electron chi connectivity index (χ3n) is 9.24. The molecule has 0 bridgehead atoms. The average molecular weight is 649 g/mol. The molecular weight excluding hydrogens is 598 g/mol. The number of anilines is 1. The first kappa shape index (κ1) is 36.3. The standard InChI is InChI=1S/C38H38F2N2O.C5H12/c1-5-35(31-12-9-14-34(40)24-31)36-17-16-32(22-27(36)3)38(43)41-20-18-30(19-21-41)28(4)42(37-15-7-6-10-26(37)2)25-29-11-8-13-33(39)23-29;1-4-5(2)3/h5-17,22-24,30H,4,18-21,25H2,1-3H3;5H,4H2,1-3H3/b35-5-;. The molecule has 1 heterocycles. The van der Waals surface area contributed by atoms with Crippen molar-refractivity contribution >= 4 is 17.2 Å². The van der Waals surface area contributed by atoms with Crippen molar-refractivity contribution in [2.75, 3.05) is 18.0 Å². The molecule has 48 heavy (non-hydrogen) atoms. The van der Waals surface area contributed by atoms with E-state index >= 15 is 0 Å². The van der Waals surface area contributed by atoms with Crippen LogP contribution >= 0.6 is 0 Å². The molecule has 0 unspecified atom stereocenters. The Balaban J connectivity index is 0.000000968. The second-order valence-electron chi connectivity index (χ2n) is 13.1. The molecule has 5 rings (SSSR count). The van der Waals surface area contributed by atoms with Gasteiger partial charge in [0.05, 0.1) is 0 Å². The SMILES string of the molecule is C=C(C1CCN(C(=O)c2ccc(/C(=C\C)c3cccc(F)c3)c(C)c2)CC1)N(Cc1cccc(F)c1)c1ccccc1C.CCC(C)C. The number of allylic oxidation sites excluding steroid dienone is 2. The van der Waals surface area contributed by atoms with Crippen molar-refractivity contribution in [1.29, 1.82) is 0 Å². The summed E-state index contributed by atoms with van der Waals surface area (Å²) >= 11 is 0. The number of rotatable bonds is 9. The first-order valence-corrected chi connectivity index (χ1v) is 17.1. The van der Waals surface area contributed by atoms with E-state index in [1.807, 2.05) is 67.3 Å².